The molecule has 0 bridgehead atoms. The fourth-order valence-electron chi connectivity index (χ4n) is 2.77. The van der Waals surface area contributed by atoms with Gasteiger partial charge in [-0.3, -0.25) is 9.59 Å². The average Bonchev–Trinajstić information content (AvgIpc) is 2.76. The van der Waals surface area contributed by atoms with Crippen molar-refractivity contribution in [3.63, 3.8) is 0 Å². The normalized spacial score (nSPS) is 11.2. The Labute approximate surface area is 176 Å². The van der Waals surface area contributed by atoms with Gasteiger partial charge < -0.3 is 29.0 Å². The summed E-state index contributed by atoms with van der Waals surface area (Å²) in [6.07, 6.45) is -0.981. The van der Waals surface area contributed by atoms with E-state index in [2.05, 4.69) is 5.32 Å². The van der Waals surface area contributed by atoms with Crippen LogP contribution in [0.15, 0.2) is 36.4 Å². The molecule has 0 aromatic heterocycles. The highest BCUT2D eigenvalue weighted by Crippen LogP contribution is 2.38. The lowest BCUT2D eigenvalue weighted by molar-refractivity contribution is -0.154. The van der Waals surface area contributed by atoms with E-state index in [4.69, 9.17) is 23.7 Å². The molecular weight excluding hydrogens is 390 g/mol. The van der Waals surface area contributed by atoms with Crippen LogP contribution in [0.25, 0.3) is 0 Å². The van der Waals surface area contributed by atoms with Crippen molar-refractivity contribution >= 4 is 11.9 Å². The molecule has 2 aromatic carbocycles. The van der Waals surface area contributed by atoms with E-state index in [1.165, 1.54) is 28.3 Å². The maximum absolute atomic E-state index is 12.3. The van der Waals surface area contributed by atoms with E-state index in [-0.39, 0.29) is 12.3 Å². The fourth-order valence-corrected chi connectivity index (χ4v) is 2.77. The van der Waals surface area contributed by atoms with Crippen molar-refractivity contribution < 1.29 is 33.3 Å². The number of hydrogen-bond donors (Lipinski definition) is 1. The Kier molecular flexibility index (Phi) is 8.34. The Morgan fingerprint density at radius 3 is 1.97 bits per heavy atom. The maximum Gasteiger partial charge on any atom is 0.311 e. The standard InChI is InChI=1S/C22H27NO7/c1-14(22(25)23-13-15-6-8-17(26-2)9-7-15)30-20(24)12-16-10-18(27-3)21(29-5)19(11-16)28-4/h6-11,14H,12-13H2,1-5H3,(H,23,25)/t14-/m0/s1. The Morgan fingerprint density at radius 2 is 1.47 bits per heavy atom. The summed E-state index contributed by atoms with van der Waals surface area (Å²) < 4.78 is 26.2. The number of amides is 1. The summed E-state index contributed by atoms with van der Waals surface area (Å²) in [6, 6.07) is 10.6. The molecule has 162 valence electrons. The molecule has 0 spiro atoms. The molecule has 0 heterocycles. The fraction of sp³-hybridized carbons (Fsp3) is 0.364. The van der Waals surface area contributed by atoms with Crippen LogP contribution in [-0.2, 0) is 27.3 Å². The van der Waals surface area contributed by atoms with Gasteiger partial charge in [-0.1, -0.05) is 12.1 Å². The van der Waals surface area contributed by atoms with Crippen LogP contribution in [0.4, 0.5) is 0 Å². The van der Waals surface area contributed by atoms with Crippen molar-refractivity contribution in [2.24, 2.45) is 0 Å². The molecule has 1 N–H and O–H groups in total. The molecule has 2 rings (SSSR count). The molecule has 1 amide bonds. The van der Waals surface area contributed by atoms with Crippen molar-refractivity contribution in [3.8, 4) is 23.0 Å². The summed E-state index contributed by atoms with van der Waals surface area (Å²) in [4.78, 5) is 24.5. The largest absolute Gasteiger partial charge is 0.497 e. The lowest BCUT2D eigenvalue weighted by atomic mass is 10.1. The second-order valence-electron chi connectivity index (χ2n) is 6.41. The second kappa shape index (κ2) is 10.9. The van der Waals surface area contributed by atoms with Crippen molar-refractivity contribution in [1.29, 1.82) is 0 Å². The molecule has 0 unspecified atom stereocenters. The summed E-state index contributed by atoms with van der Waals surface area (Å²) in [5.74, 6) is 1.11. The summed E-state index contributed by atoms with van der Waals surface area (Å²) in [5, 5.41) is 2.74. The highest BCUT2D eigenvalue weighted by Gasteiger charge is 2.20. The Hall–Kier alpha value is -3.42. The SMILES string of the molecule is COc1ccc(CNC(=O)[C@H](C)OC(=O)Cc2cc(OC)c(OC)c(OC)c2)cc1. The number of nitrogens with one attached hydrogen (secondary N) is 1. The number of hydrogen-bond acceptors (Lipinski definition) is 7. The maximum atomic E-state index is 12.3. The van der Waals surface area contributed by atoms with Crippen molar-refractivity contribution in [1.82, 2.24) is 5.32 Å². The van der Waals surface area contributed by atoms with Crippen molar-refractivity contribution in [2.75, 3.05) is 28.4 Å². The van der Waals surface area contributed by atoms with Gasteiger partial charge in [0.15, 0.2) is 17.6 Å². The first-order valence-electron chi connectivity index (χ1n) is 9.30. The van der Waals surface area contributed by atoms with Gasteiger partial charge in [0.25, 0.3) is 5.91 Å². The van der Waals surface area contributed by atoms with E-state index in [9.17, 15) is 9.59 Å². The zero-order chi connectivity index (χ0) is 22.1. The van der Waals surface area contributed by atoms with E-state index in [0.717, 1.165) is 11.3 Å². The predicted octanol–water partition coefficient (Wildman–Crippen LogP) is 2.51. The van der Waals surface area contributed by atoms with Gasteiger partial charge in [-0.2, -0.15) is 0 Å². The number of benzene rings is 2. The minimum absolute atomic E-state index is 0.0488. The molecule has 0 aliphatic rings. The van der Waals surface area contributed by atoms with Gasteiger partial charge in [-0.15, -0.1) is 0 Å². The molecule has 0 aliphatic heterocycles. The van der Waals surface area contributed by atoms with Crippen LogP contribution in [0.5, 0.6) is 23.0 Å². The summed E-state index contributed by atoms with van der Waals surface area (Å²) in [5.41, 5.74) is 1.51. The molecule has 0 radical (unpaired) electrons. The van der Waals surface area contributed by atoms with Crippen LogP contribution in [0.3, 0.4) is 0 Å². The van der Waals surface area contributed by atoms with Gasteiger partial charge in [0.05, 0.1) is 34.9 Å². The van der Waals surface area contributed by atoms with Gasteiger partial charge in [0, 0.05) is 6.54 Å². The first-order chi connectivity index (χ1) is 14.4. The van der Waals surface area contributed by atoms with Gasteiger partial charge >= 0.3 is 5.97 Å². The van der Waals surface area contributed by atoms with Crippen LogP contribution in [-0.4, -0.2) is 46.4 Å². The van der Waals surface area contributed by atoms with E-state index >= 15 is 0 Å². The zero-order valence-electron chi connectivity index (χ0n) is 17.8. The Morgan fingerprint density at radius 1 is 0.867 bits per heavy atom. The molecule has 0 aliphatic carbocycles. The number of methoxy groups -OCH3 is 4. The zero-order valence-corrected chi connectivity index (χ0v) is 17.8. The predicted molar refractivity (Wildman–Crippen MR) is 110 cm³/mol. The third-order valence-corrected chi connectivity index (χ3v) is 4.38. The summed E-state index contributed by atoms with van der Waals surface area (Å²) in [7, 11) is 6.08. The molecule has 8 nitrogen and oxygen atoms in total. The highest BCUT2D eigenvalue weighted by molar-refractivity contribution is 5.84. The molecule has 8 heteroatoms. The average molecular weight is 417 g/mol. The lowest BCUT2D eigenvalue weighted by Crippen LogP contribution is -2.35. The number of ether oxygens (including phenoxy) is 5. The molecule has 30 heavy (non-hydrogen) atoms. The third kappa shape index (κ3) is 6.04. The second-order valence-corrected chi connectivity index (χ2v) is 6.41. The first-order valence-corrected chi connectivity index (χ1v) is 9.30. The van der Waals surface area contributed by atoms with Crippen molar-refractivity contribution in [2.45, 2.75) is 26.0 Å². The topological polar surface area (TPSA) is 92.3 Å². The van der Waals surface area contributed by atoms with E-state index in [0.29, 0.717) is 29.4 Å². The smallest absolute Gasteiger partial charge is 0.311 e. The van der Waals surface area contributed by atoms with Crippen LogP contribution < -0.4 is 24.3 Å². The Balaban J connectivity index is 1.92. The monoisotopic (exact) mass is 417 g/mol. The van der Waals surface area contributed by atoms with E-state index in [1.807, 2.05) is 24.3 Å². The Bertz CT molecular complexity index is 839. The lowest BCUT2D eigenvalue weighted by Gasteiger charge is -2.16. The number of esters is 1. The highest BCUT2D eigenvalue weighted by atomic mass is 16.5. The van der Waals surface area contributed by atoms with Crippen LogP contribution >= 0.6 is 0 Å². The van der Waals surface area contributed by atoms with E-state index in [1.54, 1.807) is 19.2 Å². The molecule has 0 fully saturated rings. The van der Waals surface area contributed by atoms with Gasteiger partial charge in [0.2, 0.25) is 5.75 Å². The quantitative estimate of drug-likeness (QED) is 0.594. The molecule has 2 aromatic rings. The molecule has 1 atom stereocenters. The van der Waals surface area contributed by atoms with Crippen LogP contribution in [0.2, 0.25) is 0 Å². The minimum Gasteiger partial charge on any atom is -0.497 e. The molecule has 0 saturated heterocycles. The minimum atomic E-state index is -0.933. The van der Waals surface area contributed by atoms with Crippen LogP contribution in [0.1, 0.15) is 18.1 Å². The van der Waals surface area contributed by atoms with Gasteiger partial charge in [-0.05, 0) is 42.3 Å². The summed E-state index contributed by atoms with van der Waals surface area (Å²) >= 11 is 0. The van der Waals surface area contributed by atoms with Gasteiger partial charge in [-0.25, -0.2) is 0 Å². The number of carbonyl (C=O) groups excluding carboxylic acids is 2. The van der Waals surface area contributed by atoms with E-state index < -0.39 is 12.1 Å². The summed E-state index contributed by atoms with van der Waals surface area (Å²) in [6.45, 7) is 1.84. The van der Waals surface area contributed by atoms with Crippen LogP contribution in [0, 0.1) is 0 Å². The van der Waals surface area contributed by atoms with Gasteiger partial charge in [0.1, 0.15) is 5.75 Å². The third-order valence-electron chi connectivity index (χ3n) is 4.38. The molecular formula is C22H27NO7. The first kappa shape index (κ1) is 22.9. The number of rotatable bonds is 10. The number of carbonyl (C=O) groups is 2. The van der Waals surface area contributed by atoms with Crippen molar-refractivity contribution in [3.05, 3.63) is 47.5 Å². The molecule has 0 saturated carbocycles.